The van der Waals surface area contributed by atoms with E-state index in [1.165, 1.54) is 137 Å². The van der Waals surface area contributed by atoms with E-state index in [0.717, 1.165) is 0 Å². The molecule has 0 atom stereocenters. The number of nitrogens with zero attached hydrogens (tertiary/aromatic N) is 1. The zero-order valence-electron chi connectivity index (χ0n) is 33.3. The van der Waals surface area contributed by atoms with Gasteiger partial charge in [-0.15, -0.1) is 0 Å². The first-order valence-corrected chi connectivity index (χ1v) is 21.3. The van der Waals surface area contributed by atoms with Crippen LogP contribution in [0.1, 0.15) is 137 Å². The summed E-state index contributed by atoms with van der Waals surface area (Å²) < 4.78 is 0. The minimum absolute atomic E-state index is 0.0776. The molecule has 0 spiro atoms. The number of rotatable bonds is 6. The predicted octanol–water partition coefficient (Wildman–Crippen LogP) is 15.5. The number of hydrogen-bond acceptors (Lipinski definition) is 1. The van der Waals surface area contributed by atoms with E-state index >= 15 is 0 Å². The van der Waals surface area contributed by atoms with Gasteiger partial charge in [-0.05, 0) is 141 Å². The van der Waals surface area contributed by atoms with Crippen molar-refractivity contribution in [2.24, 2.45) is 0 Å². The fourth-order valence-electron chi connectivity index (χ4n) is 11.0. The Morgan fingerprint density at radius 1 is 0.382 bits per heavy atom. The third kappa shape index (κ3) is 5.80. The highest BCUT2D eigenvalue weighted by Gasteiger charge is 2.39. The van der Waals surface area contributed by atoms with Gasteiger partial charge < -0.3 is 4.90 Å². The summed E-state index contributed by atoms with van der Waals surface area (Å²) in [7, 11) is 0. The zero-order valence-corrected chi connectivity index (χ0v) is 33.3. The highest BCUT2D eigenvalue weighted by atomic mass is 15.1. The van der Waals surface area contributed by atoms with Gasteiger partial charge in [-0.2, -0.15) is 0 Å². The molecule has 276 valence electrons. The second-order valence-corrected chi connectivity index (χ2v) is 18.2. The molecule has 0 bridgehead atoms. The molecule has 0 N–H and O–H groups in total. The average Bonchev–Trinajstić information content (AvgIpc) is 3.60. The zero-order chi connectivity index (χ0) is 37.3. The van der Waals surface area contributed by atoms with Gasteiger partial charge in [0.25, 0.3) is 0 Å². The lowest BCUT2D eigenvalue weighted by Gasteiger charge is -2.30. The Hall–Kier alpha value is -4.88. The van der Waals surface area contributed by atoms with Crippen LogP contribution in [-0.4, -0.2) is 0 Å². The molecule has 6 aromatic rings. The van der Waals surface area contributed by atoms with Crippen molar-refractivity contribution in [3.05, 3.63) is 161 Å². The molecule has 6 aromatic carbocycles. The second kappa shape index (κ2) is 13.4. The van der Waals surface area contributed by atoms with Crippen LogP contribution in [0.3, 0.4) is 0 Å². The first kappa shape index (κ1) is 34.6. The Morgan fingerprint density at radius 2 is 0.764 bits per heavy atom. The van der Waals surface area contributed by atoms with Crippen molar-refractivity contribution in [3.63, 3.8) is 0 Å². The topological polar surface area (TPSA) is 3.24 Å². The van der Waals surface area contributed by atoms with Gasteiger partial charge in [0, 0.05) is 27.9 Å². The Bertz CT molecular complexity index is 2250. The maximum atomic E-state index is 2.57. The summed E-state index contributed by atoms with van der Waals surface area (Å²) in [5, 5.41) is 0. The van der Waals surface area contributed by atoms with E-state index in [2.05, 4.69) is 160 Å². The van der Waals surface area contributed by atoms with Crippen molar-refractivity contribution < 1.29 is 0 Å². The Morgan fingerprint density at radius 3 is 1.22 bits per heavy atom. The Labute approximate surface area is 329 Å². The third-order valence-electron chi connectivity index (χ3n) is 14.3. The van der Waals surface area contributed by atoms with Crippen LogP contribution < -0.4 is 4.90 Å². The summed E-state index contributed by atoms with van der Waals surface area (Å²) in [4.78, 5) is 2.51. The van der Waals surface area contributed by atoms with Gasteiger partial charge in [-0.1, -0.05) is 157 Å². The fourth-order valence-corrected chi connectivity index (χ4v) is 11.0. The van der Waals surface area contributed by atoms with E-state index in [1.807, 2.05) is 0 Å². The largest absolute Gasteiger partial charge is 0.310 e. The van der Waals surface area contributed by atoms with Gasteiger partial charge in [0.1, 0.15) is 0 Å². The normalized spacial score (nSPS) is 18.3. The number of fused-ring (bicyclic) bond motifs is 6. The quantitative estimate of drug-likeness (QED) is 0.166. The van der Waals surface area contributed by atoms with Gasteiger partial charge in [0.2, 0.25) is 0 Å². The van der Waals surface area contributed by atoms with Crippen LogP contribution in [0.25, 0.3) is 33.4 Å². The molecular formula is C54H55N. The van der Waals surface area contributed by atoms with E-state index in [4.69, 9.17) is 0 Å². The van der Waals surface area contributed by atoms with Crippen molar-refractivity contribution in [2.75, 3.05) is 4.90 Å². The molecule has 0 aliphatic heterocycles. The van der Waals surface area contributed by atoms with E-state index in [9.17, 15) is 0 Å². The lowest BCUT2D eigenvalue weighted by Crippen LogP contribution is -2.18. The van der Waals surface area contributed by atoms with Gasteiger partial charge in [-0.25, -0.2) is 0 Å². The molecule has 4 aliphatic carbocycles. The highest BCUT2D eigenvalue weighted by Crippen LogP contribution is 2.54. The van der Waals surface area contributed by atoms with E-state index in [-0.39, 0.29) is 10.8 Å². The first-order valence-electron chi connectivity index (χ1n) is 21.3. The molecule has 0 aromatic heterocycles. The van der Waals surface area contributed by atoms with E-state index in [0.29, 0.717) is 11.8 Å². The maximum absolute atomic E-state index is 2.57. The molecule has 2 saturated carbocycles. The summed E-state index contributed by atoms with van der Waals surface area (Å²) in [6.45, 7) is 9.78. The van der Waals surface area contributed by atoms with Crippen LogP contribution in [-0.2, 0) is 10.8 Å². The summed E-state index contributed by atoms with van der Waals surface area (Å²) in [5.41, 5.74) is 20.5. The average molecular weight is 718 g/mol. The third-order valence-corrected chi connectivity index (χ3v) is 14.3. The fraction of sp³-hybridized carbons (Fsp3) is 0.333. The minimum atomic E-state index is -0.0776. The lowest BCUT2D eigenvalue weighted by molar-refractivity contribution is 0.443. The summed E-state index contributed by atoms with van der Waals surface area (Å²) in [6.07, 6.45) is 13.6. The molecule has 10 rings (SSSR count). The second-order valence-electron chi connectivity index (χ2n) is 18.2. The minimum Gasteiger partial charge on any atom is -0.310 e. The number of benzene rings is 6. The SMILES string of the molecule is CC1(C)c2cc(C3CCCCC3)ccc2-c2ccc(N(c3ccc(-c4ccccc4)cc3)c3ccc4c(c3)C(C)(C)c3cc(C5CCCCC5)ccc3-4)cc21. The van der Waals surface area contributed by atoms with Crippen molar-refractivity contribution in [3.8, 4) is 33.4 Å². The molecular weight excluding hydrogens is 663 g/mol. The Balaban J connectivity index is 1.07. The first-order chi connectivity index (χ1) is 26.8. The van der Waals surface area contributed by atoms with Crippen molar-refractivity contribution in [1.82, 2.24) is 0 Å². The van der Waals surface area contributed by atoms with Crippen LogP contribution in [0.15, 0.2) is 127 Å². The summed E-state index contributed by atoms with van der Waals surface area (Å²) in [5.74, 6) is 1.41. The van der Waals surface area contributed by atoms with Crippen LogP contribution in [0, 0.1) is 0 Å². The monoisotopic (exact) mass is 717 g/mol. The van der Waals surface area contributed by atoms with E-state index in [1.54, 1.807) is 11.1 Å². The summed E-state index contributed by atoms with van der Waals surface area (Å²) in [6, 6.07) is 49.4. The molecule has 1 nitrogen and oxygen atoms in total. The summed E-state index contributed by atoms with van der Waals surface area (Å²) >= 11 is 0. The number of hydrogen-bond donors (Lipinski definition) is 0. The van der Waals surface area contributed by atoms with Gasteiger partial charge in [0.15, 0.2) is 0 Å². The molecule has 55 heavy (non-hydrogen) atoms. The molecule has 0 saturated heterocycles. The molecule has 0 amide bonds. The van der Waals surface area contributed by atoms with Crippen LogP contribution in [0.2, 0.25) is 0 Å². The Kier molecular flexibility index (Phi) is 8.43. The molecule has 4 aliphatic rings. The number of anilines is 3. The standard InChI is InChI=1S/C54H55N/c1-53(2)49-32-40(37-16-10-6-11-17-37)22-28-45(49)47-30-26-43(34-51(47)53)55(42-24-20-39(21-25-42)36-14-8-5-9-15-36)44-27-31-48-46-29-23-41(38-18-12-7-13-19-38)33-50(46)54(3,4)52(48)35-44/h5,8-9,14-15,20-35,37-38H,6-7,10-13,16-19H2,1-4H3. The maximum Gasteiger partial charge on any atom is 0.0465 e. The lowest BCUT2D eigenvalue weighted by atomic mass is 9.78. The van der Waals surface area contributed by atoms with Crippen molar-refractivity contribution in [1.29, 1.82) is 0 Å². The molecule has 0 unspecified atom stereocenters. The molecule has 2 fully saturated rings. The molecule has 0 radical (unpaired) electrons. The van der Waals surface area contributed by atoms with Gasteiger partial charge in [-0.3, -0.25) is 0 Å². The van der Waals surface area contributed by atoms with Crippen LogP contribution >= 0.6 is 0 Å². The van der Waals surface area contributed by atoms with Crippen LogP contribution in [0.4, 0.5) is 17.1 Å². The molecule has 0 heterocycles. The van der Waals surface area contributed by atoms with E-state index < -0.39 is 0 Å². The van der Waals surface area contributed by atoms with Crippen molar-refractivity contribution in [2.45, 2.75) is 115 Å². The predicted molar refractivity (Wildman–Crippen MR) is 233 cm³/mol. The highest BCUT2D eigenvalue weighted by molar-refractivity contribution is 5.89. The van der Waals surface area contributed by atoms with Crippen molar-refractivity contribution >= 4 is 17.1 Å². The smallest absolute Gasteiger partial charge is 0.0465 e. The molecule has 1 heteroatoms. The van der Waals surface area contributed by atoms with Crippen LogP contribution in [0.5, 0.6) is 0 Å². The van der Waals surface area contributed by atoms with Gasteiger partial charge >= 0.3 is 0 Å². The van der Waals surface area contributed by atoms with Gasteiger partial charge in [0.05, 0.1) is 0 Å².